The Hall–Kier alpha value is -3.20. The van der Waals surface area contributed by atoms with E-state index in [2.05, 4.69) is 5.32 Å². The van der Waals surface area contributed by atoms with Crippen molar-refractivity contribution < 1.29 is 19.8 Å². The summed E-state index contributed by atoms with van der Waals surface area (Å²) in [6, 6.07) is 6.70. The molecule has 1 aromatic carbocycles. The number of aromatic nitrogens is 2. The van der Waals surface area contributed by atoms with Crippen LogP contribution in [0.3, 0.4) is 0 Å². The standard InChI is InChI=1S/C14H13N3O6/c18-7-6-15-13(22)16-8-10(12(20)21)11(19)17(14(16)23)9-4-2-1-3-5-9/h1-5,8,18H,6-7H2,(H,15,22)(H,20,21). The average Bonchev–Trinajstić information content (AvgIpc) is 2.53. The van der Waals surface area contributed by atoms with E-state index in [9.17, 15) is 19.2 Å². The SMILES string of the molecule is O=C(O)c1cn(C(=O)NCCO)c(=O)n(-c2ccccc2)c1=O. The lowest BCUT2D eigenvalue weighted by atomic mass is 10.3. The number of carbonyl (C=O) groups is 2. The number of hydrogen-bond acceptors (Lipinski definition) is 5. The molecule has 0 unspecified atom stereocenters. The lowest BCUT2D eigenvalue weighted by Gasteiger charge is -2.11. The number of carboxylic acids is 1. The largest absolute Gasteiger partial charge is 0.477 e. The molecule has 0 atom stereocenters. The molecule has 9 heteroatoms. The number of carboxylic acid groups (broad SMARTS) is 1. The van der Waals surface area contributed by atoms with Gasteiger partial charge in [0.05, 0.1) is 12.3 Å². The van der Waals surface area contributed by atoms with Gasteiger partial charge in [0.25, 0.3) is 5.56 Å². The van der Waals surface area contributed by atoms with Crippen LogP contribution < -0.4 is 16.6 Å². The van der Waals surface area contributed by atoms with Gasteiger partial charge in [0, 0.05) is 12.7 Å². The highest BCUT2D eigenvalue weighted by molar-refractivity contribution is 5.88. The molecule has 0 radical (unpaired) electrons. The highest BCUT2D eigenvalue weighted by Crippen LogP contribution is 2.02. The Kier molecular flexibility index (Phi) is 4.72. The van der Waals surface area contributed by atoms with Crippen LogP contribution in [-0.4, -0.2) is 44.5 Å². The zero-order chi connectivity index (χ0) is 17.0. The monoisotopic (exact) mass is 319 g/mol. The second-order valence-electron chi connectivity index (χ2n) is 4.43. The van der Waals surface area contributed by atoms with Gasteiger partial charge in [0.15, 0.2) is 0 Å². The predicted octanol–water partition coefficient (Wildman–Crippen LogP) is -0.753. The second kappa shape index (κ2) is 6.71. The van der Waals surface area contributed by atoms with Gasteiger partial charge in [0.1, 0.15) is 5.56 Å². The molecule has 0 saturated heterocycles. The highest BCUT2D eigenvalue weighted by atomic mass is 16.4. The molecule has 0 aliphatic heterocycles. The molecule has 0 spiro atoms. The Morgan fingerprint density at radius 2 is 1.78 bits per heavy atom. The van der Waals surface area contributed by atoms with E-state index in [1.54, 1.807) is 18.2 Å². The normalized spacial score (nSPS) is 10.3. The Bertz CT molecular complexity index is 853. The van der Waals surface area contributed by atoms with Crippen molar-refractivity contribution in [3.8, 4) is 5.69 Å². The third kappa shape index (κ3) is 3.19. The third-order valence-electron chi connectivity index (χ3n) is 2.94. The topological polar surface area (TPSA) is 131 Å². The van der Waals surface area contributed by atoms with E-state index in [1.807, 2.05) is 0 Å². The maximum absolute atomic E-state index is 12.4. The number of carbonyl (C=O) groups excluding carboxylic acids is 1. The molecule has 0 aliphatic carbocycles. The molecular weight excluding hydrogens is 306 g/mol. The molecule has 2 aromatic rings. The van der Waals surface area contributed by atoms with Gasteiger partial charge in [-0.05, 0) is 12.1 Å². The predicted molar refractivity (Wildman–Crippen MR) is 79.1 cm³/mol. The number of benzene rings is 1. The Morgan fingerprint density at radius 3 is 2.35 bits per heavy atom. The maximum atomic E-state index is 12.4. The van der Waals surface area contributed by atoms with E-state index in [0.29, 0.717) is 15.3 Å². The van der Waals surface area contributed by atoms with Crippen molar-refractivity contribution in [2.75, 3.05) is 13.2 Å². The number of aliphatic hydroxyl groups is 1. The van der Waals surface area contributed by atoms with Crippen LogP contribution in [0, 0.1) is 0 Å². The van der Waals surface area contributed by atoms with Crippen molar-refractivity contribution in [3.63, 3.8) is 0 Å². The fourth-order valence-corrected chi connectivity index (χ4v) is 1.90. The average molecular weight is 319 g/mol. The van der Waals surface area contributed by atoms with Gasteiger partial charge in [-0.2, -0.15) is 0 Å². The number of amides is 1. The number of hydrogen-bond donors (Lipinski definition) is 3. The van der Waals surface area contributed by atoms with Crippen LogP contribution in [0.1, 0.15) is 10.4 Å². The molecule has 0 aliphatic rings. The van der Waals surface area contributed by atoms with E-state index < -0.39 is 28.8 Å². The first kappa shape index (κ1) is 16.2. The second-order valence-corrected chi connectivity index (χ2v) is 4.43. The molecule has 23 heavy (non-hydrogen) atoms. The molecule has 9 nitrogen and oxygen atoms in total. The van der Waals surface area contributed by atoms with Crippen molar-refractivity contribution in [2.45, 2.75) is 0 Å². The summed E-state index contributed by atoms with van der Waals surface area (Å²) in [5.74, 6) is -1.57. The first-order valence-corrected chi connectivity index (χ1v) is 6.54. The first-order valence-electron chi connectivity index (χ1n) is 6.54. The van der Waals surface area contributed by atoms with Crippen molar-refractivity contribution in [2.24, 2.45) is 0 Å². The zero-order valence-electron chi connectivity index (χ0n) is 11.8. The molecule has 1 amide bonds. The summed E-state index contributed by atoms with van der Waals surface area (Å²) in [7, 11) is 0. The van der Waals surface area contributed by atoms with E-state index in [0.717, 1.165) is 0 Å². The van der Waals surface area contributed by atoms with Gasteiger partial charge in [0.2, 0.25) is 0 Å². The molecule has 3 N–H and O–H groups in total. The van der Waals surface area contributed by atoms with Gasteiger partial charge >= 0.3 is 17.7 Å². The first-order chi connectivity index (χ1) is 11.0. The third-order valence-corrected chi connectivity index (χ3v) is 2.94. The van der Waals surface area contributed by atoms with Crippen molar-refractivity contribution >= 4 is 12.0 Å². The molecule has 0 bridgehead atoms. The smallest absolute Gasteiger partial charge is 0.343 e. The minimum absolute atomic E-state index is 0.127. The molecule has 1 heterocycles. The van der Waals surface area contributed by atoms with Crippen LogP contribution in [0.4, 0.5) is 4.79 Å². The number of nitrogens with zero attached hydrogens (tertiary/aromatic N) is 2. The van der Waals surface area contributed by atoms with Crippen LogP contribution in [-0.2, 0) is 0 Å². The fourth-order valence-electron chi connectivity index (χ4n) is 1.90. The van der Waals surface area contributed by atoms with Gasteiger partial charge in [-0.3, -0.25) is 4.79 Å². The van der Waals surface area contributed by atoms with Gasteiger partial charge in [-0.1, -0.05) is 18.2 Å². The summed E-state index contributed by atoms with van der Waals surface area (Å²) < 4.78 is 1.08. The van der Waals surface area contributed by atoms with E-state index in [-0.39, 0.29) is 18.8 Å². The summed E-state index contributed by atoms with van der Waals surface area (Å²) in [5, 5.41) is 20.0. The molecule has 0 saturated carbocycles. The highest BCUT2D eigenvalue weighted by Gasteiger charge is 2.20. The lowest BCUT2D eigenvalue weighted by Crippen LogP contribution is -2.46. The van der Waals surface area contributed by atoms with Crippen LogP contribution in [0.5, 0.6) is 0 Å². The Morgan fingerprint density at radius 1 is 1.13 bits per heavy atom. The number of nitrogens with one attached hydrogen (secondary N) is 1. The van der Waals surface area contributed by atoms with Gasteiger partial charge in [-0.25, -0.2) is 23.5 Å². The molecule has 2 rings (SSSR count). The lowest BCUT2D eigenvalue weighted by molar-refractivity contribution is 0.0693. The number of aliphatic hydroxyl groups excluding tert-OH is 1. The molecule has 120 valence electrons. The summed E-state index contributed by atoms with van der Waals surface area (Å²) >= 11 is 0. The van der Waals surface area contributed by atoms with E-state index in [4.69, 9.17) is 10.2 Å². The molecular formula is C14H13N3O6. The fraction of sp³-hybridized carbons (Fsp3) is 0.143. The minimum atomic E-state index is -1.57. The van der Waals surface area contributed by atoms with Gasteiger partial charge in [-0.15, -0.1) is 0 Å². The van der Waals surface area contributed by atoms with Crippen LogP contribution >= 0.6 is 0 Å². The summed E-state index contributed by atoms with van der Waals surface area (Å²) in [4.78, 5) is 47.7. The Labute approximate surface area is 129 Å². The maximum Gasteiger partial charge on any atom is 0.343 e. The van der Waals surface area contributed by atoms with Crippen LogP contribution in [0.25, 0.3) is 5.69 Å². The number of para-hydroxylation sites is 1. The molecule has 1 aromatic heterocycles. The summed E-state index contributed by atoms with van der Waals surface area (Å²) in [6.07, 6.45) is 0.666. The van der Waals surface area contributed by atoms with Crippen molar-refractivity contribution in [3.05, 3.63) is 62.9 Å². The Balaban J connectivity index is 2.73. The van der Waals surface area contributed by atoms with Crippen LogP contribution in [0.15, 0.2) is 46.1 Å². The van der Waals surface area contributed by atoms with Crippen molar-refractivity contribution in [1.82, 2.24) is 14.5 Å². The quantitative estimate of drug-likeness (QED) is 0.679. The number of rotatable bonds is 4. The zero-order valence-corrected chi connectivity index (χ0v) is 11.8. The molecule has 0 fully saturated rings. The number of aromatic carboxylic acids is 1. The van der Waals surface area contributed by atoms with Crippen LogP contribution in [0.2, 0.25) is 0 Å². The van der Waals surface area contributed by atoms with Crippen molar-refractivity contribution in [1.29, 1.82) is 0 Å². The summed E-state index contributed by atoms with van der Waals surface area (Å²) in [5.41, 5.74) is -2.65. The van der Waals surface area contributed by atoms with E-state index >= 15 is 0 Å². The van der Waals surface area contributed by atoms with Gasteiger partial charge < -0.3 is 15.5 Å². The summed E-state index contributed by atoms with van der Waals surface area (Å²) in [6.45, 7) is -0.483. The minimum Gasteiger partial charge on any atom is -0.477 e. The van der Waals surface area contributed by atoms with E-state index in [1.165, 1.54) is 12.1 Å².